The van der Waals surface area contributed by atoms with E-state index in [-0.39, 0.29) is 17.1 Å². The average molecular weight is 256 g/mol. The summed E-state index contributed by atoms with van der Waals surface area (Å²) in [7, 11) is 0. The Balaban J connectivity index is 3.01. The fourth-order valence-corrected chi connectivity index (χ4v) is 1.22. The van der Waals surface area contributed by atoms with Gasteiger partial charge < -0.3 is 10.5 Å². The third-order valence-corrected chi connectivity index (χ3v) is 2.16. The number of aliphatic hydroxyl groups is 1. The van der Waals surface area contributed by atoms with Crippen LogP contribution in [0.3, 0.4) is 0 Å². The number of hydrogen-bond acceptors (Lipinski definition) is 5. The van der Waals surface area contributed by atoms with Crippen molar-refractivity contribution in [2.75, 3.05) is 5.43 Å². The summed E-state index contributed by atoms with van der Waals surface area (Å²) in [6.07, 6.45) is -1.37. The predicted molar refractivity (Wildman–Crippen MR) is 65.5 cm³/mol. The maximum Gasteiger partial charge on any atom is 0.267 e. The molecule has 0 saturated heterocycles. The summed E-state index contributed by atoms with van der Waals surface area (Å²) in [5.74, 6) is -0.0874. The lowest BCUT2D eigenvalue weighted by atomic mass is 10.2. The Morgan fingerprint density at radius 3 is 2.78 bits per heavy atom. The maximum absolute atomic E-state index is 12.7. The molecule has 1 unspecified atom stereocenters. The molecule has 98 valence electrons. The predicted octanol–water partition coefficient (Wildman–Crippen LogP) is 2.13. The summed E-state index contributed by atoms with van der Waals surface area (Å²) < 4.78 is 25.5. The number of rotatable bonds is 5. The fraction of sp³-hybridized carbons (Fsp3) is 0.364. The zero-order valence-electron chi connectivity index (χ0n) is 9.98. The van der Waals surface area contributed by atoms with E-state index >= 15 is 0 Å². The molecule has 1 aromatic rings. The molecule has 0 spiro atoms. The van der Waals surface area contributed by atoms with Crippen LogP contribution in [-0.4, -0.2) is 28.1 Å². The fourth-order valence-electron chi connectivity index (χ4n) is 1.22. The van der Waals surface area contributed by atoms with E-state index in [1.807, 2.05) is 0 Å². The summed E-state index contributed by atoms with van der Waals surface area (Å²) in [4.78, 5) is 3.81. The monoisotopic (exact) mass is 256 g/mol. The second-order valence-corrected chi connectivity index (χ2v) is 3.72. The Hall–Kier alpha value is -1.89. The van der Waals surface area contributed by atoms with E-state index in [9.17, 15) is 13.9 Å². The molecule has 1 heterocycles. The topological polar surface area (TPSA) is 81.4 Å². The van der Waals surface area contributed by atoms with Crippen LogP contribution in [0.1, 0.15) is 24.5 Å². The van der Waals surface area contributed by atoms with Gasteiger partial charge in [-0.15, -0.1) is 0 Å². The molecular formula is C11H14F2N4O. The summed E-state index contributed by atoms with van der Waals surface area (Å²) in [6.45, 7) is 3.08. The first-order valence-corrected chi connectivity index (χ1v) is 5.22. The quantitative estimate of drug-likeness (QED) is 0.557. The van der Waals surface area contributed by atoms with Gasteiger partial charge in [0.15, 0.2) is 5.82 Å². The van der Waals surface area contributed by atoms with Crippen LogP contribution in [0.4, 0.5) is 14.6 Å². The van der Waals surface area contributed by atoms with Crippen LogP contribution in [-0.2, 0) is 0 Å². The van der Waals surface area contributed by atoms with Crippen LogP contribution in [0.2, 0.25) is 0 Å². The van der Waals surface area contributed by atoms with E-state index < -0.39 is 12.5 Å². The minimum Gasteiger partial charge on any atom is -0.387 e. The number of aromatic nitrogens is 1. The number of aliphatic hydroxyl groups excluding tert-OH is 1. The lowest BCUT2D eigenvalue weighted by molar-refractivity contribution is 0.151. The van der Waals surface area contributed by atoms with E-state index in [1.54, 1.807) is 6.92 Å². The van der Waals surface area contributed by atoms with Crippen molar-refractivity contribution in [3.05, 3.63) is 23.4 Å². The molecule has 1 rings (SSSR count). The van der Waals surface area contributed by atoms with Gasteiger partial charge in [-0.3, -0.25) is 5.43 Å². The van der Waals surface area contributed by atoms with Crippen molar-refractivity contribution in [3.63, 3.8) is 0 Å². The van der Waals surface area contributed by atoms with E-state index in [1.165, 1.54) is 19.2 Å². The Bertz CT molecular complexity index is 460. The van der Waals surface area contributed by atoms with Crippen LogP contribution in [0.25, 0.3) is 0 Å². The standard InChI is InChI=1S/C11H14F2N4O/c1-6-3-8(10(12)13)11(15-5-6)17-16-9(4-14)7(2)18/h3-5,7,10,14,18H,1-2H3,(H,15,17)/b14-4?,16-9+. The Labute approximate surface area is 103 Å². The number of nitrogens with zero attached hydrogens (tertiary/aromatic N) is 2. The number of alkyl halides is 2. The molecule has 0 aliphatic heterocycles. The third-order valence-electron chi connectivity index (χ3n) is 2.16. The van der Waals surface area contributed by atoms with Gasteiger partial charge >= 0.3 is 0 Å². The van der Waals surface area contributed by atoms with Crippen LogP contribution >= 0.6 is 0 Å². The highest BCUT2D eigenvalue weighted by Crippen LogP contribution is 2.25. The van der Waals surface area contributed by atoms with E-state index in [2.05, 4.69) is 15.5 Å². The average Bonchev–Trinajstić information content (AvgIpc) is 2.30. The Morgan fingerprint density at radius 2 is 2.28 bits per heavy atom. The number of hydrogen-bond donors (Lipinski definition) is 3. The van der Waals surface area contributed by atoms with Crippen molar-refractivity contribution in [2.24, 2.45) is 5.10 Å². The number of aryl methyl sites for hydroxylation is 1. The van der Waals surface area contributed by atoms with E-state index in [4.69, 9.17) is 5.41 Å². The normalized spacial score (nSPS) is 13.6. The van der Waals surface area contributed by atoms with Crippen molar-refractivity contribution >= 4 is 17.7 Å². The smallest absolute Gasteiger partial charge is 0.267 e. The molecule has 3 N–H and O–H groups in total. The van der Waals surface area contributed by atoms with Gasteiger partial charge in [0.05, 0.1) is 11.7 Å². The highest BCUT2D eigenvalue weighted by Gasteiger charge is 2.14. The second kappa shape index (κ2) is 6.15. The van der Waals surface area contributed by atoms with Crippen LogP contribution in [0, 0.1) is 12.3 Å². The molecule has 18 heavy (non-hydrogen) atoms. The lowest BCUT2D eigenvalue weighted by Gasteiger charge is -2.09. The molecule has 1 aromatic heterocycles. The highest BCUT2D eigenvalue weighted by atomic mass is 19.3. The van der Waals surface area contributed by atoms with Gasteiger partial charge in [0.25, 0.3) is 6.43 Å². The first-order valence-electron chi connectivity index (χ1n) is 5.22. The summed E-state index contributed by atoms with van der Waals surface area (Å²) in [5.41, 5.74) is 2.71. The zero-order valence-corrected chi connectivity index (χ0v) is 9.98. The van der Waals surface area contributed by atoms with Gasteiger partial charge in [0, 0.05) is 12.4 Å². The lowest BCUT2D eigenvalue weighted by Crippen LogP contribution is -2.19. The number of pyridine rings is 1. The van der Waals surface area contributed by atoms with Crippen molar-refractivity contribution in [3.8, 4) is 0 Å². The van der Waals surface area contributed by atoms with Crippen molar-refractivity contribution < 1.29 is 13.9 Å². The van der Waals surface area contributed by atoms with Gasteiger partial charge in [-0.2, -0.15) is 5.10 Å². The third kappa shape index (κ3) is 3.56. The van der Waals surface area contributed by atoms with E-state index in [0.29, 0.717) is 5.56 Å². The molecule has 0 radical (unpaired) electrons. The number of hydrazone groups is 1. The minimum absolute atomic E-state index is 0.0255. The first kappa shape index (κ1) is 14.2. The summed E-state index contributed by atoms with van der Waals surface area (Å²) in [6, 6.07) is 1.31. The molecule has 5 nitrogen and oxygen atoms in total. The molecule has 0 aliphatic rings. The zero-order chi connectivity index (χ0) is 13.7. The minimum atomic E-state index is -2.68. The largest absolute Gasteiger partial charge is 0.387 e. The molecule has 0 fully saturated rings. The van der Waals surface area contributed by atoms with Crippen molar-refractivity contribution in [1.29, 1.82) is 5.41 Å². The molecule has 7 heteroatoms. The number of halogens is 2. The summed E-state index contributed by atoms with van der Waals surface area (Å²) in [5, 5.41) is 19.9. The SMILES string of the molecule is Cc1cnc(N/N=C(\C=N)C(C)O)c(C(F)F)c1. The molecule has 0 bridgehead atoms. The molecule has 0 aliphatic carbocycles. The van der Waals surface area contributed by atoms with Gasteiger partial charge in [-0.1, -0.05) is 0 Å². The van der Waals surface area contributed by atoms with Gasteiger partial charge in [-0.05, 0) is 25.5 Å². The molecule has 1 atom stereocenters. The molecule has 0 aromatic carbocycles. The number of anilines is 1. The van der Waals surface area contributed by atoms with Crippen molar-refractivity contribution in [2.45, 2.75) is 26.4 Å². The van der Waals surface area contributed by atoms with E-state index in [0.717, 1.165) is 6.21 Å². The van der Waals surface area contributed by atoms with Gasteiger partial charge in [0.2, 0.25) is 0 Å². The van der Waals surface area contributed by atoms with Gasteiger partial charge in [-0.25, -0.2) is 13.8 Å². The Kier molecular flexibility index (Phi) is 4.85. The maximum atomic E-state index is 12.7. The molecule has 0 saturated carbocycles. The second-order valence-electron chi connectivity index (χ2n) is 3.72. The highest BCUT2D eigenvalue weighted by molar-refractivity contribution is 6.31. The van der Waals surface area contributed by atoms with Crippen LogP contribution in [0.5, 0.6) is 0 Å². The molecule has 0 amide bonds. The van der Waals surface area contributed by atoms with Crippen LogP contribution in [0.15, 0.2) is 17.4 Å². The van der Waals surface area contributed by atoms with Crippen LogP contribution < -0.4 is 5.43 Å². The van der Waals surface area contributed by atoms with Crippen molar-refractivity contribution in [1.82, 2.24) is 4.98 Å². The number of nitrogens with one attached hydrogen (secondary N) is 2. The first-order chi connectivity index (χ1) is 8.45. The molecular weight excluding hydrogens is 242 g/mol. The Morgan fingerprint density at radius 1 is 1.61 bits per heavy atom. The van der Waals surface area contributed by atoms with Gasteiger partial charge in [0.1, 0.15) is 5.71 Å². The summed E-state index contributed by atoms with van der Waals surface area (Å²) >= 11 is 0.